The van der Waals surface area contributed by atoms with Crippen molar-refractivity contribution in [1.82, 2.24) is 19.8 Å². The number of anilines is 1. The first-order chi connectivity index (χ1) is 12.6. The molecule has 26 heavy (non-hydrogen) atoms. The zero-order chi connectivity index (χ0) is 18.3. The second-order valence-corrected chi connectivity index (χ2v) is 5.41. The molecule has 3 aromatic rings. The fourth-order valence-electron chi connectivity index (χ4n) is 2.68. The number of carbonyl (C=O) groups is 1. The number of hydrogen-bond donors (Lipinski definition) is 0. The molecule has 1 aliphatic rings. The molecule has 0 fully saturated rings. The molecule has 0 saturated carbocycles. The highest BCUT2D eigenvalue weighted by atomic mass is 19.1. The molecule has 2 aromatic carbocycles. The van der Waals surface area contributed by atoms with E-state index >= 15 is 0 Å². The smallest absolute Gasteiger partial charge is 0.377 e. The van der Waals surface area contributed by atoms with Gasteiger partial charge in [-0.05, 0) is 34.7 Å². The van der Waals surface area contributed by atoms with Gasteiger partial charge in [0.05, 0.1) is 12.2 Å². The molecule has 1 amide bonds. The van der Waals surface area contributed by atoms with Gasteiger partial charge in [0.1, 0.15) is 18.0 Å². The molecule has 0 spiro atoms. The van der Waals surface area contributed by atoms with Gasteiger partial charge in [-0.2, -0.15) is 4.68 Å². The maximum absolute atomic E-state index is 13.9. The topological polar surface area (TPSA) is 82.2 Å². The molecule has 0 atom stereocenters. The first kappa shape index (κ1) is 15.9. The number of nitrogens with zero attached hydrogens (tertiary/aromatic N) is 5. The van der Waals surface area contributed by atoms with Crippen LogP contribution in [0.3, 0.4) is 0 Å². The highest BCUT2D eigenvalue weighted by Gasteiger charge is 2.28. The van der Waals surface area contributed by atoms with E-state index in [1.54, 1.807) is 24.3 Å². The van der Waals surface area contributed by atoms with Gasteiger partial charge in [0, 0.05) is 0 Å². The maximum Gasteiger partial charge on any atom is 0.377 e. The summed E-state index contributed by atoms with van der Waals surface area (Å²) in [5.41, 5.74) is -1.32. The minimum Gasteiger partial charge on any atom is -0.490 e. The van der Waals surface area contributed by atoms with Gasteiger partial charge in [-0.3, -0.25) is 4.90 Å². The predicted molar refractivity (Wildman–Crippen MR) is 85.6 cm³/mol. The first-order valence-corrected chi connectivity index (χ1v) is 7.61. The molecule has 1 aliphatic heterocycles. The Morgan fingerprint density at radius 1 is 1.04 bits per heavy atom. The van der Waals surface area contributed by atoms with E-state index in [0.717, 1.165) is 18.2 Å². The van der Waals surface area contributed by atoms with E-state index in [4.69, 9.17) is 4.74 Å². The second kappa shape index (κ2) is 6.06. The number of fused-ring (bicyclic) bond motifs is 1. The standard InChI is InChI=1S/C16H11F2N5O3/c17-10-4-3-5-11(18)14(10)22-16(25)23(20-19-22)15(24)21-8-9-26-13-7-2-1-6-12(13)21/h1-7H,8-9H2. The molecule has 1 aromatic heterocycles. The third-order valence-corrected chi connectivity index (χ3v) is 3.87. The van der Waals surface area contributed by atoms with Gasteiger partial charge >= 0.3 is 11.7 Å². The first-order valence-electron chi connectivity index (χ1n) is 7.61. The fraction of sp³-hybridized carbons (Fsp3) is 0.125. The number of tetrazole rings is 1. The normalized spacial score (nSPS) is 13.2. The minimum absolute atomic E-state index is 0.184. The predicted octanol–water partition coefficient (Wildman–Crippen LogP) is 1.57. The molecule has 132 valence electrons. The van der Waals surface area contributed by atoms with Crippen LogP contribution in [-0.2, 0) is 0 Å². The van der Waals surface area contributed by atoms with Crippen molar-refractivity contribution in [2.75, 3.05) is 18.1 Å². The van der Waals surface area contributed by atoms with Crippen LogP contribution in [0, 0.1) is 11.6 Å². The highest BCUT2D eigenvalue weighted by Crippen LogP contribution is 2.31. The summed E-state index contributed by atoms with van der Waals surface area (Å²) in [5.74, 6) is -1.51. The molecule has 0 radical (unpaired) electrons. The average Bonchev–Trinajstić information content (AvgIpc) is 3.02. The molecule has 10 heteroatoms. The molecule has 0 aliphatic carbocycles. The van der Waals surface area contributed by atoms with Gasteiger partial charge < -0.3 is 4.74 Å². The van der Waals surface area contributed by atoms with Crippen LogP contribution in [0.2, 0.25) is 0 Å². The van der Waals surface area contributed by atoms with Crippen LogP contribution in [-0.4, -0.2) is 39.0 Å². The lowest BCUT2D eigenvalue weighted by atomic mass is 10.2. The monoisotopic (exact) mass is 359 g/mol. The number of benzene rings is 2. The maximum atomic E-state index is 13.9. The summed E-state index contributed by atoms with van der Waals surface area (Å²) in [6, 6.07) is 9.10. The number of aromatic nitrogens is 4. The quantitative estimate of drug-likeness (QED) is 0.616. The molecular weight excluding hydrogens is 348 g/mol. The molecule has 4 rings (SSSR count). The zero-order valence-corrected chi connectivity index (χ0v) is 13.2. The lowest BCUT2D eigenvalue weighted by molar-refractivity contribution is 0.237. The van der Waals surface area contributed by atoms with Crippen molar-refractivity contribution < 1.29 is 18.3 Å². The van der Waals surface area contributed by atoms with Crippen molar-refractivity contribution in [2.45, 2.75) is 0 Å². The van der Waals surface area contributed by atoms with Gasteiger partial charge in [0.15, 0.2) is 11.6 Å². The SMILES string of the molecule is O=C(N1CCOc2ccccc21)n1nnn(-c2c(F)cccc2F)c1=O. The van der Waals surface area contributed by atoms with Crippen molar-refractivity contribution in [1.29, 1.82) is 0 Å². The van der Waals surface area contributed by atoms with E-state index in [1.165, 1.54) is 4.90 Å². The van der Waals surface area contributed by atoms with E-state index in [1.807, 2.05) is 0 Å². The number of amides is 1. The Hall–Kier alpha value is -3.56. The number of rotatable bonds is 1. The van der Waals surface area contributed by atoms with E-state index < -0.39 is 29.0 Å². The molecule has 0 saturated heterocycles. The average molecular weight is 359 g/mol. The number of para-hydroxylation sites is 3. The van der Waals surface area contributed by atoms with Gasteiger partial charge in [0.2, 0.25) is 0 Å². The Kier molecular flexibility index (Phi) is 3.72. The third-order valence-electron chi connectivity index (χ3n) is 3.87. The van der Waals surface area contributed by atoms with E-state index in [-0.39, 0.29) is 13.2 Å². The number of hydrogen-bond acceptors (Lipinski definition) is 5. The minimum atomic E-state index is -1.08. The Morgan fingerprint density at radius 3 is 2.54 bits per heavy atom. The van der Waals surface area contributed by atoms with Crippen LogP contribution < -0.4 is 15.3 Å². The van der Waals surface area contributed by atoms with Crippen LogP contribution in [0.5, 0.6) is 5.75 Å². The largest absolute Gasteiger partial charge is 0.490 e. The van der Waals surface area contributed by atoms with Crippen LogP contribution in [0.1, 0.15) is 0 Å². The second-order valence-electron chi connectivity index (χ2n) is 5.41. The number of ether oxygens (including phenoxy) is 1. The number of halogens is 2. The zero-order valence-electron chi connectivity index (χ0n) is 13.2. The Morgan fingerprint density at radius 2 is 1.77 bits per heavy atom. The summed E-state index contributed by atoms with van der Waals surface area (Å²) in [7, 11) is 0. The third kappa shape index (κ3) is 2.42. The molecule has 0 N–H and O–H groups in total. The fourth-order valence-corrected chi connectivity index (χ4v) is 2.68. The summed E-state index contributed by atoms with van der Waals surface area (Å²) >= 11 is 0. The van der Waals surface area contributed by atoms with Crippen molar-refractivity contribution in [3.05, 3.63) is 64.6 Å². The van der Waals surface area contributed by atoms with Gasteiger partial charge in [0.25, 0.3) is 0 Å². The molecular formula is C16H11F2N5O3. The summed E-state index contributed by atoms with van der Waals surface area (Å²) in [4.78, 5) is 26.5. The van der Waals surface area contributed by atoms with E-state index in [9.17, 15) is 18.4 Å². The Bertz CT molecular complexity index is 1040. The lowest BCUT2D eigenvalue weighted by Gasteiger charge is -2.28. The summed E-state index contributed by atoms with van der Waals surface area (Å²) in [6.45, 7) is 0.413. The van der Waals surface area contributed by atoms with Gasteiger partial charge in [-0.25, -0.2) is 18.4 Å². The van der Waals surface area contributed by atoms with E-state index in [0.29, 0.717) is 20.8 Å². The van der Waals surface area contributed by atoms with Crippen LogP contribution in [0.4, 0.5) is 19.3 Å². The van der Waals surface area contributed by atoms with Gasteiger partial charge in [-0.15, -0.1) is 4.68 Å². The van der Waals surface area contributed by atoms with Crippen molar-refractivity contribution >= 4 is 11.7 Å². The molecule has 8 nitrogen and oxygen atoms in total. The summed E-state index contributed by atoms with van der Waals surface area (Å²) in [5, 5.41) is 6.91. The van der Waals surface area contributed by atoms with Crippen molar-refractivity contribution in [3.63, 3.8) is 0 Å². The summed E-state index contributed by atoms with van der Waals surface area (Å²) in [6.07, 6.45) is 0. The molecule has 2 heterocycles. The highest BCUT2D eigenvalue weighted by molar-refractivity contribution is 5.94. The van der Waals surface area contributed by atoms with Crippen LogP contribution in [0.25, 0.3) is 5.69 Å². The van der Waals surface area contributed by atoms with Crippen molar-refractivity contribution in [3.8, 4) is 11.4 Å². The van der Waals surface area contributed by atoms with Gasteiger partial charge in [-0.1, -0.05) is 18.2 Å². The van der Waals surface area contributed by atoms with Crippen LogP contribution >= 0.6 is 0 Å². The number of carbonyl (C=O) groups excluding carboxylic acids is 1. The van der Waals surface area contributed by atoms with E-state index in [2.05, 4.69) is 10.4 Å². The summed E-state index contributed by atoms with van der Waals surface area (Å²) < 4.78 is 34.1. The van der Waals surface area contributed by atoms with Crippen LogP contribution in [0.15, 0.2) is 47.3 Å². The van der Waals surface area contributed by atoms with Crippen molar-refractivity contribution in [2.24, 2.45) is 0 Å². The Labute approximate surface area is 144 Å². The molecule has 0 unspecified atom stereocenters. The molecule has 0 bridgehead atoms. The Balaban J connectivity index is 1.76. The lowest BCUT2D eigenvalue weighted by Crippen LogP contribution is -2.44.